The van der Waals surface area contributed by atoms with Crippen molar-refractivity contribution in [2.75, 3.05) is 6.54 Å². The molecule has 0 radical (unpaired) electrons. The molecule has 1 aliphatic carbocycles. The summed E-state index contributed by atoms with van der Waals surface area (Å²) < 4.78 is 0. The third kappa shape index (κ3) is 1.58. The minimum atomic E-state index is -0.0366. The fourth-order valence-electron chi connectivity index (χ4n) is 3.71. The molecule has 1 aliphatic heterocycles. The van der Waals surface area contributed by atoms with Crippen LogP contribution in [0.15, 0.2) is 18.2 Å². The number of nitrogens with one attached hydrogen (secondary N) is 2. The third-order valence-corrected chi connectivity index (χ3v) is 4.97. The molecular formula is C16H21N3. The second-order valence-corrected chi connectivity index (χ2v) is 6.29. The molecule has 1 unspecified atom stereocenters. The Morgan fingerprint density at radius 2 is 2.16 bits per heavy atom. The van der Waals surface area contributed by atoms with E-state index in [-0.39, 0.29) is 5.54 Å². The van der Waals surface area contributed by atoms with Gasteiger partial charge in [-0.1, -0.05) is 11.6 Å². The summed E-state index contributed by atoms with van der Waals surface area (Å²) >= 11 is 0. The number of hydrogen-bond acceptors (Lipinski definition) is 2. The number of aromatic nitrogens is 1. The van der Waals surface area contributed by atoms with Crippen LogP contribution in [-0.2, 0) is 6.42 Å². The van der Waals surface area contributed by atoms with E-state index in [4.69, 9.17) is 5.73 Å². The van der Waals surface area contributed by atoms with Crippen molar-refractivity contribution in [3.05, 3.63) is 35.0 Å². The Bertz CT molecular complexity index is 637. The second kappa shape index (κ2) is 3.84. The first-order chi connectivity index (χ1) is 9.17. The number of rotatable bonds is 1. The summed E-state index contributed by atoms with van der Waals surface area (Å²) in [4.78, 5) is 3.63. The van der Waals surface area contributed by atoms with Gasteiger partial charge in [0.05, 0.1) is 6.04 Å². The fraction of sp³-hybridized carbons (Fsp3) is 0.500. The molecule has 100 valence electrons. The van der Waals surface area contributed by atoms with Crippen LogP contribution in [-0.4, -0.2) is 17.1 Å². The summed E-state index contributed by atoms with van der Waals surface area (Å²) in [5, 5.41) is 5.03. The van der Waals surface area contributed by atoms with Crippen LogP contribution < -0.4 is 11.1 Å². The molecule has 4 rings (SSSR count). The monoisotopic (exact) mass is 255 g/mol. The van der Waals surface area contributed by atoms with E-state index in [0.29, 0.717) is 6.04 Å². The minimum absolute atomic E-state index is 0.0366. The third-order valence-electron chi connectivity index (χ3n) is 4.97. The van der Waals surface area contributed by atoms with E-state index in [0.717, 1.165) is 25.8 Å². The van der Waals surface area contributed by atoms with Crippen molar-refractivity contribution in [2.45, 2.75) is 44.2 Å². The van der Waals surface area contributed by atoms with Crippen LogP contribution in [0.2, 0.25) is 0 Å². The highest BCUT2D eigenvalue weighted by Gasteiger charge is 2.43. The molecule has 4 N–H and O–H groups in total. The van der Waals surface area contributed by atoms with Crippen molar-refractivity contribution < 1.29 is 0 Å². The van der Waals surface area contributed by atoms with Gasteiger partial charge >= 0.3 is 0 Å². The van der Waals surface area contributed by atoms with E-state index in [2.05, 4.69) is 35.4 Å². The average molecular weight is 255 g/mol. The Morgan fingerprint density at radius 1 is 1.32 bits per heavy atom. The highest BCUT2D eigenvalue weighted by atomic mass is 15.0. The van der Waals surface area contributed by atoms with Gasteiger partial charge in [0.2, 0.25) is 0 Å². The molecule has 0 spiro atoms. The molecule has 19 heavy (non-hydrogen) atoms. The zero-order valence-corrected chi connectivity index (χ0v) is 11.4. The molecule has 3 heteroatoms. The SMILES string of the molecule is Cc1ccc2[nH]c3c(c2c1)CCNC3C1(N)CCC1. The predicted molar refractivity (Wildman–Crippen MR) is 78.3 cm³/mol. The maximum absolute atomic E-state index is 6.56. The smallest absolute Gasteiger partial charge is 0.0658 e. The first kappa shape index (κ1) is 11.5. The number of hydrogen-bond donors (Lipinski definition) is 3. The van der Waals surface area contributed by atoms with Crippen molar-refractivity contribution >= 4 is 10.9 Å². The van der Waals surface area contributed by atoms with Gasteiger partial charge in [-0.2, -0.15) is 0 Å². The molecular weight excluding hydrogens is 234 g/mol. The van der Waals surface area contributed by atoms with Crippen molar-refractivity contribution in [1.29, 1.82) is 0 Å². The van der Waals surface area contributed by atoms with Gasteiger partial charge in [-0.3, -0.25) is 0 Å². The molecule has 1 aromatic heterocycles. The Labute approximate surface area is 113 Å². The zero-order valence-electron chi connectivity index (χ0n) is 11.4. The lowest BCUT2D eigenvalue weighted by Crippen LogP contribution is -2.57. The normalized spacial score (nSPS) is 25.1. The number of benzene rings is 1. The van der Waals surface area contributed by atoms with Crippen molar-refractivity contribution in [3.8, 4) is 0 Å². The van der Waals surface area contributed by atoms with Crippen LogP contribution in [0.3, 0.4) is 0 Å². The lowest BCUT2D eigenvalue weighted by molar-refractivity contribution is 0.169. The number of aryl methyl sites for hydroxylation is 1. The summed E-state index contributed by atoms with van der Waals surface area (Å²) in [5.41, 5.74) is 11.9. The van der Waals surface area contributed by atoms with Crippen LogP contribution in [0.5, 0.6) is 0 Å². The Kier molecular flexibility index (Phi) is 2.32. The fourth-order valence-corrected chi connectivity index (χ4v) is 3.71. The van der Waals surface area contributed by atoms with E-state index >= 15 is 0 Å². The highest BCUT2D eigenvalue weighted by molar-refractivity contribution is 5.86. The van der Waals surface area contributed by atoms with Gasteiger partial charge < -0.3 is 16.0 Å². The van der Waals surface area contributed by atoms with E-state index in [1.54, 1.807) is 0 Å². The second-order valence-electron chi connectivity index (χ2n) is 6.29. The minimum Gasteiger partial charge on any atom is -0.357 e. The number of nitrogens with two attached hydrogens (primary N) is 1. The quantitative estimate of drug-likeness (QED) is 0.733. The topological polar surface area (TPSA) is 53.8 Å². The standard InChI is InChI=1S/C16H21N3/c1-10-3-4-13-12(9-10)11-5-8-18-15(14(11)19-13)16(17)6-2-7-16/h3-4,9,15,18-19H,2,5-8,17H2,1H3. The van der Waals surface area contributed by atoms with Crippen molar-refractivity contribution in [3.63, 3.8) is 0 Å². The maximum atomic E-state index is 6.56. The molecule has 2 aliphatic rings. The van der Waals surface area contributed by atoms with Crippen molar-refractivity contribution in [2.24, 2.45) is 5.73 Å². The van der Waals surface area contributed by atoms with E-state index in [1.165, 1.54) is 34.1 Å². The van der Waals surface area contributed by atoms with Crippen LogP contribution in [0, 0.1) is 6.92 Å². The number of aromatic amines is 1. The Balaban J connectivity index is 1.89. The summed E-state index contributed by atoms with van der Waals surface area (Å²) in [6.45, 7) is 3.20. The molecule has 0 saturated heterocycles. The van der Waals surface area contributed by atoms with Crippen LogP contribution >= 0.6 is 0 Å². The molecule has 2 heterocycles. The van der Waals surface area contributed by atoms with Gasteiger partial charge in [-0.15, -0.1) is 0 Å². The average Bonchev–Trinajstić information content (AvgIpc) is 2.74. The molecule has 0 amide bonds. The maximum Gasteiger partial charge on any atom is 0.0658 e. The largest absolute Gasteiger partial charge is 0.357 e. The first-order valence-electron chi connectivity index (χ1n) is 7.31. The van der Waals surface area contributed by atoms with E-state index in [1.807, 2.05) is 0 Å². The van der Waals surface area contributed by atoms with Gasteiger partial charge in [0, 0.05) is 22.1 Å². The van der Waals surface area contributed by atoms with Crippen LogP contribution in [0.4, 0.5) is 0 Å². The predicted octanol–water partition coefficient (Wildman–Crippen LogP) is 2.54. The van der Waals surface area contributed by atoms with E-state index in [9.17, 15) is 0 Å². The highest BCUT2D eigenvalue weighted by Crippen LogP contribution is 2.43. The molecule has 1 aromatic carbocycles. The zero-order chi connectivity index (χ0) is 13.0. The summed E-state index contributed by atoms with van der Waals surface area (Å²) in [6.07, 6.45) is 4.64. The molecule has 0 bridgehead atoms. The van der Waals surface area contributed by atoms with Crippen molar-refractivity contribution in [1.82, 2.24) is 10.3 Å². The Morgan fingerprint density at radius 3 is 2.89 bits per heavy atom. The van der Waals surface area contributed by atoms with Gasteiger partial charge in [0.1, 0.15) is 0 Å². The number of fused-ring (bicyclic) bond motifs is 3. The summed E-state index contributed by atoms with van der Waals surface area (Å²) in [6, 6.07) is 6.98. The van der Waals surface area contributed by atoms with Gasteiger partial charge in [0.25, 0.3) is 0 Å². The molecule has 3 nitrogen and oxygen atoms in total. The number of H-pyrrole nitrogens is 1. The summed E-state index contributed by atoms with van der Waals surface area (Å²) in [7, 11) is 0. The van der Waals surface area contributed by atoms with Gasteiger partial charge in [0.15, 0.2) is 0 Å². The van der Waals surface area contributed by atoms with E-state index < -0.39 is 0 Å². The Hall–Kier alpha value is -1.32. The van der Waals surface area contributed by atoms with Crippen LogP contribution in [0.25, 0.3) is 10.9 Å². The molecule has 2 aromatic rings. The van der Waals surface area contributed by atoms with Gasteiger partial charge in [-0.25, -0.2) is 0 Å². The van der Waals surface area contributed by atoms with Gasteiger partial charge in [-0.05, 0) is 56.8 Å². The first-order valence-corrected chi connectivity index (χ1v) is 7.31. The lowest BCUT2D eigenvalue weighted by Gasteiger charge is -2.46. The van der Waals surface area contributed by atoms with Crippen LogP contribution in [0.1, 0.15) is 42.1 Å². The molecule has 1 fully saturated rings. The summed E-state index contributed by atoms with van der Waals surface area (Å²) in [5.74, 6) is 0. The lowest BCUT2D eigenvalue weighted by atomic mass is 9.70. The molecule has 1 saturated carbocycles. The molecule has 1 atom stereocenters.